The third kappa shape index (κ3) is 2.78. The van der Waals surface area contributed by atoms with E-state index in [0.717, 1.165) is 32.7 Å². The summed E-state index contributed by atoms with van der Waals surface area (Å²) >= 11 is 3.52. The van der Waals surface area contributed by atoms with Gasteiger partial charge in [-0.2, -0.15) is 0 Å². The number of ether oxygens (including phenoxy) is 1. The molecule has 0 amide bonds. The van der Waals surface area contributed by atoms with Crippen LogP contribution in [0, 0.1) is 0 Å². The maximum atomic E-state index is 5.92. The molecule has 2 rings (SSSR count). The Morgan fingerprint density at radius 1 is 1.30 bits per heavy atom. The zero-order chi connectivity index (χ0) is 14.7. The lowest BCUT2D eigenvalue weighted by Gasteiger charge is -2.18. The third-order valence-electron chi connectivity index (χ3n) is 3.12. The van der Waals surface area contributed by atoms with Crippen LogP contribution in [0.2, 0.25) is 0 Å². The zero-order valence-electron chi connectivity index (χ0n) is 11.9. The summed E-state index contributed by atoms with van der Waals surface area (Å²) in [4.78, 5) is 6.38. The Labute approximate surface area is 127 Å². The molecule has 0 aliphatic carbocycles. The summed E-state index contributed by atoms with van der Waals surface area (Å²) in [6.45, 7) is 0.445. The van der Waals surface area contributed by atoms with Crippen LogP contribution in [0.15, 0.2) is 34.9 Å². The van der Waals surface area contributed by atoms with Gasteiger partial charge in [0.15, 0.2) is 0 Å². The third-order valence-corrected chi connectivity index (χ3v) is 3.74. The molecule has 0 aliphatic heterocycles. The average molecular weight is 336 g/mol. The molecule has 4 nitrogen and oxygen atoms in total. The Bertz CT molecular complexity index is 614. The van der Waals surface area contributed by atoms with Crippen LogP contribution in [0.3, 0.4) is 0 Å². The summed E-state index contributed by atoms with van der Waals surface area (Å²) in [5.41, 5.74) is 9.13. The van der Waals surface area contributed by atoms with Crippen molar-refractivity contribution in [3.05, 3.63) is 40.5 Å². The van der Waals surface area contributed by atoms with Gasteiger partial charge in [-0.1, -0.05) is 6.07 Å². The second kappa shape index (κ2) is 6.24. The number of anilines is 1. The van der Waals surface area contributed by atoms with E-state index in [-0.39, 0.29) is 0 Å². The van der Waals surface area contributed by atoms with Gasteiger partial charge in [0.25, 0.3) is 0 Å². The number of rotatable bonds is 4. The van der Waals surface area contributed by atoms with Gasteiger partial charge in [-0.05, 0) is 45.3 Å². The predicted molar refractivity (Wildman–Crippen MR) is 86.1 cm³/mol. The maximum Gasteiger partial charge on any atom is 0.133 e. The topological polar surface area (TPSA) is 51.4 Å². The molecule has 106 valence electrons. The zero-order valence-corrected chi connectivity index (χ0v) is 13.4. The van der Waals surface area contributed by atoms with E-state index >= 15 is 0 Å². The minimum absolute atomic E-state index is 0.445. The van der Waals surface area contributed by atoms with E-state index in [1.54, 1.807) is 7.11 Å². The highest BCUT2D eigenvalue weighted by Crippen LogP contribution is 2.34. The van der Waals surface area contributed by atoms with Gasteiger partial charge in [0, 0.05) is 32.4 Å². The first-order chi connectivity index (χ1) is 9.58. The first-order valence-electron chi connectivity index (χ1n) is 6.27. The molecule has 0 saturated carbocycles. The van der Waals surface area contributed by atoms with Gasteiger partial charge in [0.05, 0.1) is 11.6 Å². The van der Waals surface area contributed by atoms with Crippen LogP contribution in [0.25, 0.3) is 11.1 Å². The maximum absolute atomic E-state index is 5.92. The summed E-state index contributed by atoms with van der Waals surface area (Å²) in [7, 11) is 5.59. The number of aromatic nitrogens is 1. The second-order valence-corrected chi connectivity index (χ2v) is 5.46. The minimum Gasteiger partial charge on any atom is -0.496 e. The number of hydrogen-bond donors (Lipinski definition) is 1. The van der Waals surface area contributed by atoms with Crippen LogP contribution >= 0.6 is 15.9 Å². The van der Waals surface area contributed by atoms with Crippen molar-refractivity contribution in [3.63, 3.8) is 0 Å². The molecule has 0 bridgehead atoms. The lowest BCUT2D eigenvalue weighted by Crippen LogP contribution is -2.15. The highest BCUT2D eigenvalue weighted by atomic mass is 79.9. The molecule has 0 radical (unpaired) electrons. The minimum atomic E-state index is 0.445. The van der Waals surface area contributed by atoms with E-state index in [9.17, 15) is 0 Å². The molecule has 0 aliphatic rings. The highest BCUT2D eigenvalue weighted by molar-refractivity contribution is 9.10. The monoisotopic (exact) mass is 335 g/mol. The summed E-state index contributed by atoms with van der Waals surface area (Å²) in [5.74, 6) is 1.71. The standard InChI is InChI=1S/C15H18BrN3O/c1-19(2)15-12(9-17)11(6-7-18-15)10-4-5-14(20-3)13(16)8-10/h4-8H,9,17H2,1-3H3. The van der Waals surface area contributed by atoms with Gasteiger partial charge in [0.1, 0.15) is 11.6 Å². The first-order valence-corrected chi connectivity index (χ1v) is 7.07. The fourth-order valence-corrected chi connectivity index (χ4v) is 2.71. The SMILES string of the molecule is COc1ccc(-c2ccnc(N(C)C)c2CN)cc1Br. The van der Waals surface area contributed by atoms with Gasteiger partial charge in [0.2, 0.25) is 0 Å². The number of pyridine rings is 1. The predicted octanol–water partition coefficient (Wildman–Crippen LogP) is 3.04. The largest absolute Gasteiger partial charge is 0.496 e. The van der Waals surface area contributed by atoms with Crippen molar-refractivity contribution < 1.29 is 4.74 Å². The number of benzene rings is 1. The van der Waals surface area contributed by atoms with Crippen molar-refractivity contribution in [2.75, 3.05) is 26.1 Å². The first kappa shape index (κ1) is 14.8. The molecule has 5 heteroatoms. The van der Waals surface area contributed by atoms with Crippen LogP contribution in [-0.2, 0) is 6.54 Å². The van der Waals surface area contributed by atoms with Crippen molar-refractivity contribution >= 4 is 21.7 Å². The van der Waals surface area contributed by atoms with E-state index in [0.29, 0.717) is 6.54 Å². The van der Waals surface area contributed by atoms with Gasteiger partial charge < -0.3 is 15.4 Å². The van der Waals surface area contributed by atoms with Crippen LogP contribution in [0.5, 0.6) is 5.75 Å². The van der Waals surface area contributed by atoms with Crippen molar-refractivity contribution in [2.24, 2.45) is 5.73 Å². The van der Waals surface area contributed by atoms with Crippen molar-refractivity contribution in [1.29, 1.82) is 0 Å². The average Bonchev–Trinajstić information content (AvgIpc) is 2.46. The lowest BCUT2D eigenvalue weighted by atomic mass is 10.0. The fraction of sp³-hybridized carbons (Fsp3) is 0.267. The Morgan fingerprint density at radius 3 is 2.60 bits per heavy atom. The van der Waals surface area contributed by atoms with Crippen LogP contribution < -0.4 is 15.4 Å². The molecule has 1 aromatic heterocycles. The number of hydrogen-bond acceptors (Lipinski definition) is 4. The van der Waals surface area contributed by atoms with Crippen LogP contribution in [0.1, 0.15) is 5.56 Å². The fourth-order valence-electron chi connectivity index (χ4n) is 2.17. The number of methoxy groups -OCH3 is 1. The molecule has 0 saturated heterocycles. The number of halogens is 1. The Morgan fingerprint density at radius 2 is 2.05 bits per heavy atom. The quantitative estimate of drug-likeness (QED) is 0.932. The van der Waals surface area contributed by atoms with Crippen molar-refractivity contribution in [1.82, 2.24) is 4.98 Å². The van der Waals surface area contributed by atoms with Gasteiger partial charge in [-0.25, -0.2) is 4.98 Å². The summed E-state index contributed by atoms with van der Waals surface area (Å²) in [6, 6.07) is 7.99. The smallest absolute Gasteiger partial charge is 0.133 e. The highest BCUT2D eigenvalue weighted by Gasteiger charge is 2.12. The van der Waals surface area contributed by atoms with Gasteiger partial charge in [-0.15, -0.1) is 0 Å². The second-order valence-electron chi connectivity index (χ2n) is 4.61. The van der Waals surface area contributed by atoms with E-state index in [1.807, 2.05) is 49.5 Å². The summed E-state index contributed by atoms with van der Waals surface area (Å²) in [6.07, 6.45) is 1.81. The van der Waals surface area contributed by atoms with Crippen LogP contribution in [-0.4, -0.2) is 26.2 Å². The van der Waals surface area contributed by atoms with E-state index in [1.165, 1.54) is 0 Å². The molecule has 0 spiro atoms. The number of nitrogens with two attached hydrogens (primary N) is 1. The summed E-state index contributed by atoms with van der Waals surface area (Å²) in [5, 5.41) is 0. The Hall–Kier alpha value is -1.59. The molecule has 2 aromatic rings. The summed E-state index contributed by atoms with van der Waals surface area (Å²) < 4.78 is 6.18. The lowest BCUT2D eigenvalue weighted by molar-refractivity contribution is 0.412. The molecular formula is C15H18BrN3O. The molecule has 2 N–H and O–H groups in total. The Kier molecular flexibility index (Phi) is 4.62. The van der Waals surface area contributed by atoms with Crippen molar-refractivity contribution in [3.8, 4) is 16.9 Å². The molecule has 0 fully saturated rings. The van der Waals surface area contributed by atoms with Crippen LogP contribution in [0.4, 0.5) is 5.82 Å². The van der Waals surface area contributed by atoms with E-state index < -0.39 is 0 Å². The molecule has 1 heterocycles. The molecule has 1 aromatic carbocycles. The molecule has 0 atom stereocenters. The van der Waals surface area contributed by atoms with Gasteiger partial charge in [-0.3, -0.25) is 0 Å². The molecule has 0 unspecified atom stereocenters. The molecule has 20 heavy (non-hydrogen) atoms. The van der Waals surface area contributed by atoms with Crippen molar-refractivity contribution in [2.45, 2.75) is 6.54 Å². The number of nitrogens with zero attached hydrogens (tertiary/aromatic N) is 2. The van der Waals surface area contributed by atoms with E-state index in [4.69, 9.17) is 10.5 Å². The molecular weight excluding hydrogens is 318 g/mol. The van der Waals surface area contributed by atoms with Gasteiger partial charge >= 0.3 is 0 Å². The normalized spacial score (nSPS) is 10.4. The van der Waals surface area contributed by atoms with E-state index in [2.05, 4.69) is 20.9 Å². The Balaban J connectivity index is 2.57.